The molecule has 1 rings (SSSR count). The van der Waals surface area contributed by atoms with E-state index in [4.69, 9.17) is 5.11 Å². The van der Waals surface area contributed by atoms with Gasteiger partial charge in [-0.3, -0.25) is 4.79 Å². The number of rotatable bonds is 3. The van der Waals surface area contributed by atoms with Crippen LogP contribution < -0.4 is 0 Å². The summed E-state index contributed by atoms with van der Waals surface area (Å²) in [5, 5.41) is 6.62. The molecule has 3 unspecified atom stereocenters. The minimum Gasteiger partial charge on any atom is -0.479 e. The molecule has 0 aromatic heterocycles. The first-order valence-electron chi connectivity index (χ1n) is 5.91. The van der Waals surface area contributed by atoms with Crippen LogP contribution in [-0.2, 0) is 9.59 Å². The molecule has 0 saturated carbocycles. The molecule has 1 N–H and O–H groups in total. The fourth-order valence-electron chi connectivity index (χ4n) is 1.79. The van der Waals surface area contributed by atoms with Crippen molar-refractivity contribution in [3.63, 3.8) is 0 Å². The highest BCUT2D eigenvalue weighted by molar-refractivity contribution is 8.17. The molecule has 0 aromatic carbocycles. The molecular formula is C12H9F7O3S. The summed E-state index contributed by atoms with van der Waals surface area (Å²) >= 11 is -0.270. The Morgan fingerprint density at radius 3 is 2.13 bits per heavy atom. The lowest BCUT2D eigenvalue weighted by molar-refractivity contribution is -0.170. The number of halogens is 7. The second-order valence-corrected chi connectivity index (χ2v) is 5.72. The van der Waals surface area contributed by atoms with E-state index in [1.54, 1.807) is 0 Å². The summed E-state index contributed by atoms with van der Waals surface area (Å²) < 4.78 is 89.6. The number of hydrogen-bond acceptors (Lipinski definition) is 3. The van der Waals surface area contributed by atoms with E-state index >= 15 is 0 Å². The van der Waals surface area contributed by atoms with Crippen LogP contribution in [0.5, 0.6) is 0 Å². The summed E-state index contributed by atoms with van der Waals surface area (Å²) in [7, 11) is 0. The van der Waals surface area contributed by atoms with Gasteiger partial charge in [-0.05, 0) is 11.0 Å². The minimum atomic E-state index is -5.10. The Morgan fingerprint density at radius 2 is 1.74 bits per heavy atom. The molecule has 0 fully saturated rings. The normalized spacial score (nSPS) is 23.8. The van der Waals surface area contributed by atoms with Gasteiger partial charge < -0.3 is 5.11 Å². The smallest absolute Gasteiger partial charge is 0.416 e. The van der Waals surface area contributed by atoms with Gasteiger partial charge in [0.25, 0.3) is 6.17 Å². The average molecular weight is 366 g/mol. The molecule has 0 bridgehead atoms. The van der Waals surface area contributed by atoms with Gasteiger partial charge in [-0.15, -0.1) is 0 Å². The number of carboxylic acid groups (broad SMARTS) is 1. The molecule has 0 saturated heterocycles. The predicted octanol–water partition coefficient (Wildman–Crippen LogP) is 3.87. The fraction of sp³-hybridized carbons (Fsp3) is 0.500. The Morgan fingerprint density at radius 1 is 1.22 bits per heavy atom. The molecule has 130 valence electrons. The zero-order valence-corrected chi connectivity index (χ0v) is 12.0. The maximum atomic E-state index is 13.0. The lowest BCUT2D eigenvalue weighted by Gasteiger charge is -2.30. The first-order chi connectivity index (χ1) is 10.2. The maximum Gasteiger partial charge on any atom is 0.416 e. The van der Waals surface area contributed by atoms with Gasteiger partial charge in [0, 0.05) is 5.92 Å². The Balaban J connectivity index is 3.19. The topological polar surface area (TPSA) is 54.4 Å². The van der Waals surface area contributed by atoms with Crippen LogP contribution >= 0.6 is 11.8 Å². The van der Waals surface area contributed by atoms with E-state index in [1.165, 1.54) is 0 Å². The van der Waals surface area contributed by atoms with Crippen LogP contribution in [0.3, 0.4) is 0 Å². The quantitative estimate of drug-likeness (QED) is 0.609. The van der Waals surface area contributed by atoms with Crippen LogP contribution in [-0.4, -0.2) is 34.7 Å². The zero-order chi connectivity index (χ0) is 18.2. The minimum absolute atomic E-state index is 0.0106. The number of alkyl halides is 7. The average Bonchev–Trinajstić information content (AvgIpc) is 2.37. The summed E-state index contributed by atoms with van der Waals surface area (Å²) in [6.07, 6.45) is -12.9. The molecule has 0 spiro atoms. The number of carboxylic acids is 1. The van der Waals surface area contributed by atoms with E-state index in [-0.39, 0.29) is 17.8 Å². The van der Waals surface area contributed by atoms with Gasteiger partial charge in [0.05, 0.1) is 11.5 Å². The highest BCUT2D eigenvalue weighted by Gasteiger charge is 2.48. The zero-order valence-electron chi connectivity index (χ0n) is 11.2. The van der Waals surface area contributed by atoms with Crippen molar-refractivity contribution in [3.05, 3.63) is 22.6 Å². The second-order valence-electron chi connectivity index (χ2n) is 4.64. The van der Waals surface area contributed by atoms with Crippen LogP contribution in [0.2, 0.25) is 0 Å². The van der Waals surface area contributed by atoms with Gasteiger partial charge in [-0.2, -0.15) is 26.3 Å². The molecule has 0 heterocycles. The van der Waals surface area contributed by atoms with Crippen molar-refractivity contribution in [3.8, 4) is 0 Å². The summed E-state index contributed by atoms with van der Waals surface area (Å²) in [4.78, 5) is 20.9. The molecule has 11 heteroatoms. The van der Waals surface area contributed by atoms with Crippen LogP contribution in [0.4, 0.5) is 30.7 Å². The predicted molar refractivity (Wildman–Crippen MR) is 66.1 cm³/mol. The third kappa shape index (κ3) is 4.72. The van der Waals surface area contributed by atoms with E-state index in [0.29, 0.717) is 6.08 Å². The molecule has 1 aliphatic rings. The summed E-state index contributed by atoms with van der Waals surface area (Å²) in [6, 6.07) is 0. The standard InChI is InChI=1S/C12H9F7O3S/c1-4-6(12(17,18)19)2-5(11(14,15)16)3-7(4)23-10(22)8(13)9(20)21/h2-4,6,8H,1H3,(H,20,21). The van der Waals surface area contributed by atoms with E-state index < -0.39 is 51.9 Å². The number of aliphatic carboxylic acids is 1. The SMILES string of the molecule is CC1C(SC(=O)C(F)C(=O)O)=CC(C(F)(F)F)=CC1C(F)(F)F. The summed E-state index contributed by atoms with van der Waals surface area (Å²) in [5.41, 5.74) is -1.63. The highest BCUT2D eigenvalue weighted by atomic mass is 32.2. The molecule has 3 nitrogen and oxygen atoms in total. The highest BCUT2D eigenvalue weighted by Crippen LogP contribution is 2.46. The van der Waals surface area contributed by atoms with Crippen LogP contribution in [0, 0.1) is 11.8 Å². The number of thioether (sulfide) groups is 1. The van der Waals surface area contributed by atoms with Crippen molar-refractivity contribution >= 4 is 22.8 Å². The van der Waals surface area contributed by atoms with Crippen LogP contribution in [0.25, 0.3) is 0 Å². The maximum absolute atomic E-state index is 13.0. The van der Waals surface area contributed by atoms with Gasteiger partial charge >= 0.3 is 18.3 Å². The Labute approximate surface area is 129 Å². The van der Waals surface area contributed by atoms with Crippen molar-refractivity contribution in [2.75, 3.05) is 0 Å². The molecular weight excluding hydrogens is 357 g/mol. The molecule has 1 aliphatic carbocycles. The first-order valence-corrected chi connectivity index (χ1v) is 6.72. The number of carbonyl (C=O) groups excluding carboxylic acids is 1. The van der Waals surface area contributed by atoms with Crippen molar-refractivity contribution in [1.29, 1.82) is 0 Å². The first kappa shape index (κ1) is 19.5. The molecule has 23 heavy (non-hydrogen) atoms. The Bertz CT molecular complexity index is 562. The van der Waals surface area contributed by atoms with Gasteiger partial charge in [0.2, 0.25) is 5.12 Å². The third-order valence-electron chi connectivity index (χ3n) is 2.99. The van der Waals surface area contributed by atoms with Crippen molar-refractivity contribution < 1.29 is 45.4 Å². The molecule has 3 atom stereocenters. The summed E-state index contributed by atoms with van der Waals surface area (Å²) in [5.74, 6) is -6.29. The van der Waals surface area contributed by atoms with Gasteiger partial charge in [-0.25, -0.2) is 9.18 Å². The van der Waals surface area contributed by atoms with E-state index in [0.717, 1.165) is 6.92 Å². The largest absolute Gasteiger partial charge is 0.479 e. The molecule has 0 radical (unpaired) electrons. The molecule has 0 amide bonds. The summed E-state index contributed by atoms with van der Waals surface area (Å²) in [6.45, 7) is 0.919. The van der Waals surface area contributed by atoms with Crippen LogP contribution in [0.15, 0.2) is 22.6 Å². The third-order valence-corrected chi connectivity index (χ3v) is 4.13. The Kier molecular flexibility index (Phi) is 5.55. The van der Waals surface area contributed by atoms with Crippen molar-refractivity contribution in [2.24, 2.45) is 11.8 Å². The lowest BCUT2D eigenvalue weighted by atomic mass is 9.86. The lowest BCUT2D eigenvalue weighted by Crippen LogP contribution is -2.32. The van der Waals surface area contributed by atoms with Crippen molar-refractivity contribution in [1.82, 2.24) is 0 Å². The number of allylic oxidation sites excluding steroid dienone is 4. The van der Waals surface area contributed by atoms with Crippen LogP contribution in [0.1, 0.15) is 6.92 Å². The van der Waals surface area contributed by atoms with Gasteiger partial charge in [0.15, 0.2) is 0 Å². The fourth-order valence-corrected chi connectivity index (χ4v) is 2.75. The Hall–Kier alpha value is -1.52. The number of hydrogen-bond donors (Lipinski definition) is 1. The number of carbonyl (C=O) groups is 2. The van der Waals surface area contributed by atoms with Gasteiger partial charge in [-0.1, -0.05) is 24.8 Å². The monoisotopic (exact) mass is 366 g/mol. The molecule has 0 aromatic rings. The molecule has 0 aliphatic heterocycles. The van der Waals surface area contributed by atoms with Crippen molar-refractivity contribution in [2.45, 2.75) is 25.4 Å². The van der Waals surface area contributed by atoms with E-state index in [9.17, 15) is 40.3 Å². The van der Waals surface area contributed by atoms with E-state index in [2.05, 4.69) is 0 Å². The van der Waals surface area contributed by atoms with E-state index in [1.807, 2.05) is 0 Å². The second kappa shape index (κ2) is 6.54. The van der Waals surface area contributed by atoms with Gasteiger partial charge in [0.1, 0.15) is 0 Å².